The van der Waals surface area contributed by atoms with E-state index < -0.39 is 0 Å². The molecule has 0 saturated carbocycles. The van der Waals surface area contributed by atoms with Crippen molar-refractivity contribution in [2.45, 2.75) is 32.7 Å². The zero-order valence-corrected chi connectivity index (χ0v) is 17.1. The second-order valence-corrected chi connectivity index (χ2v) is 7.14. The molecule has 0 aliphatic rings. The second-order valence-electron chi connectivity index (χ2n) is 7.14. The number of nitrogen functional groups attached to an aromatic ring is 1. The Bertz CT molecular complexity index is 1230. The Kier molecular flexibility index (Phi) is 5.89. The molecule has 0 aromatic carbocycles. The van der Waals surface area contributed by atoms with Crippen LogP contribution >= 0.6 is 0 Å². The monoisotopic (exact) mass is 421 g/mol. The van der Waals surface area contributed by atoms with Gasteiger partial charge in [0, 0.05) is 24.6 Å². The standard InChI is InChI=1S/C21H23N7O3/c1-13-25-19(22)18-20(26-13)28(21(30)27-18)12-14-5-8-17(24-10-14)31-16-7-6-15(23-11-16)4-2-3-9-29/h5-8,10-11,29H,2-4,9,12H2,1H3,(H,27,30)(H2,22,25,26). The van der Waals surface area contributed by atoms with Gasteiger partial charge in [-0.25, -0.2) is 19.7 Å². The molecule has 0 atom stereocenters. The molecule has 0 bridgehead atoms. The molecule has 0 saturated heterocycles. The summed E-state index contributed by atoms with van der Waals surface area (Å²) < 4.78 is 7.25. The molecule has 4 heterocycles. The van der Waals surface area contributed by atoms with Crippen LogP contribution in [0.1, 0.15) is 29.9 Å². The fourth-order valence-electron chi connectivity index (χ4n) is 3.22. The summed E-state index contributed by atoms with van der Waals surface area (Å²) in [6.07, 6.45) is 5.78. The molecule has 0 aliphatic heterocycles. The van der Waals surface area contributed by atoms with Crippen LogP contribution in [0.2, 0.25) is 0 Å². The van der Waals surface area contributed by atoms with Gasteiger partial charge in [-0.1, -0.05) is 6.07 Å². The molecule has 0 aliphatic carbocycles. The number of rotatable bonds is 8. The smallest absolute Gasteiger partial charge is 0.328 e. The largest absolute Gasteiger partial charge is 0.437 e. The SMILES string of the molecule is Cc1nc(N)c2[nH]c(=O)n(Cc3ccc(Oc4ccc(CCCCO)nc4)nc3)c2n1. The number of aromatic amines is 1. The number of pyridine rings is 2. The predicted molar refractivity (Wildman–Crippen MR) is 115 cm³/mol. The molecule has 10 nitrogen and oxygen atoms in total. The van der Waals surface area contributed by atoms with Crippen molar-refractivity contribution >= 4 is 17.0 Å². The van der Waals surface area contributed by atoms with Crippen molar-refractivity contribution in [1.29, 1.82) is 0 Å². The van der Waals surface area contributed by atoms with Gasteiger partial charge in [0.1, 0.15) is 17.1 Å². The number of ether oxygens (including phenoxy) is 1. The molecule has 0 fully saturated rings. The molecular formula is C21H23N7O3. The van der Waals surface area contributed by atoms with Crippen LogP contribution in [-0.2, 0) is 13.0 Å². The number of nitrogens with two attached hydrogens (primary N) is 1. The minimum Gasteiger partial charge on any atom is -0.437 e. The van der Waals surface area contributed by atoms with E-state index in [0.29, 0.717) is 28.6 Å². The van der Waals surface area contributed by atoms with Crippen LogP contribution in [0, 0.1) is 6.92 Å². The van der Waals surface area contributed by atoms with Crippen LogP contribution in [0.15, 0.2) is 41.5 Å². The Morgan fingerprint density at radius 2 is 2.00 bits per heavy atom. The van der Waals surface area contributed by atoms with Crippen LogP contribution in [0.5, 0.6) is 11.6 Å². The lowest BCUT2D eigenvalue weighted by Gasteiger charge is -2.07. The number of unbranched alkanes of at least 4 members (excludes halogenated alkanes) is 1. The number of aliphatic hydroxyl groups is 1. The van der Waals surface area contributed by atoms with Crippen LogP contribution in [0.4, 0.5) is 5.82 Å². The zero-order valence-electron chi connectivity index (χ0n) is 17.1. The van der Waals surface area contributed by atoms with Gasteiger partial charge in [-0.2, -0.15) is 0 Å². The first-order valence-electron chi connectivity index (χ1n) is 9.94. The zero-order chi connectivity index (χ0) is 21.8. The van der Waals surface area contributed by atoms with E-state index in [1.807, 2.05) is 18.2 Å². The molecule has 31 heavy (non-hydrogen) atoms. The maximum atomic E-state index is 12.3. The summed E-state index contributed by atoms with van der Waals surface area (Å²) in [5, 5.41) is 8.85. The van der Waals surface area contributed by atoms with Gasteiger partial charge in [0.2, 0.25) is 5.88 Å². The van der Waals surface area contributed by atoms with Gasteiger partial charge in [-0.15, -0.1) is 0 Å². The quantitative estimate of drug-likeness (QED) is 0.366. The average Bonchev–Trinajstić information content (AvgIpc) is 3.07. The van der Waals surface area contributed by atoms with E-state index in [2.05, 4.69) is 24.9 Å². The first-order chi connectivity index (χ1) is 15.0. The number of hydrogen-bond acceptors (Lipinski definition) is 8. The third-order valence-electron chi connectivity index (χ3n) is 4.76. The van der Waals surface area contributed by atoms with Crippen molar-refractivity contribution in [3.8, 4) is 11.6 Å². The highest BCUT2D eigenvalue weighted by Crippen LogP contribution is 2.20. The third-order valence-corrected chi connectivity index (χ3v) is 4.76. The predicted octanol–water partition coefficient (Wildman–Crippen LogP) is 1.96. The molecule has 0 amide bonds. The number of imidazole rings is 1. The summed E-state index contributed by atoms with van der Waals surface area (Å²) in [7, 11) is 0. The van der Waals surface area contributed by atoms with Crippen LogP contribution in [-0.4, -0.2) is 41.2 Å². The van der Waals surface area contributed by atoms with Crippen LogP contribution in [0.3, 0.4) is 0 Å². The maximum Gasteiger partial charge on any atom is 0.328 e. The molecule has 0 radical (unpaired) electrons. The summed E-state index contributed by atoms with van der Waals surface area (Å²) in [5.41, 5.74) is 8.22. The van der Waals surface area contributed by atoms with Crippen molar-refractivity contribution in [3.05, 3.63) is 64.2 Å². The van der Waals surface area contributed by atoms with Crippen LogP contribution in [0.25, 0.3) is 11.2 Å². The molecule has 4 rings (SSSR count). The van der Waals surface area contributed by atoms with E-state index in [-0.39, 0.29) is 24.7 Å². The van der Waals surface area contributed by atoms with Crippen molar-refractivity contribution < 1.29 is 9.84 Å². The molecule has 160 valence electrons. The van der Waals surface area contributed by atoms with Gasteiger partial charge in [0.05, 0.1) is 12.7 Å². The number of hydrogen-bond donors (Lipinski definition) is 3. The number of H-pyrrole nitrogens is 1. The van der Waals surface area contributed by atoms with Gasteiger partial charge in [-0.05, 0) is 43.9 Å². The lowest BCUT2D eigenvalue weighted by Crippen LogP contribution is -2.18. The first kappa shape index (κ1) is 20.5. The van der Waals surface area contributed by atoms with Gasteiger partial charge >= 0.3 is 5.69 Å². The maximum absolute atomic E-state index is 12.3. The number of anilines is 1. The van der Waals surface area contributed by atoms with E-state index in [4.69, 9.17) is 15.6 Å². The van der Waals surface area contributed by atoms with Crippen molar-refractivity contribution in [3.63, 3.8) is 0 Å². The van der Waals surface area contributed by atoms with Gasteiger partial charge < -0.3 is 20.6 Å². The van der Waals surface area contributed by atoms with E-state index in [1.54, 1.807) is 25.4 Å². The molecule has 0 spiro atoms. The molecule has 10 heteroatoms. The van der Waals surface area contributed by atoms with E-state index in [9.17, 15) is 4.79 Å². The van der Waals surface area contributed by atoms with E-state index in [1.165, 1.54) is 4.57 Å². The first-order valence-corrected chi connectivity index (χ1v) is 9.94. The highest BCUT2D eigenvalue weighted by atomic mass is 16.5. The van der Waals surface area contributed by atoms with Crippen molar-refractivity contribution in [2.24, 2.45) is 0 Å². The Labute approximate surface area is 177 Å². The third kappa shape index (κ3) is 4.69. The van der Waals surface area contributed by atoms with Gasteiger partial charge in [0.25, 0.3) is 0 Å². The number of aliphatic hydroxyl groups excluding tert-OH is 1. The average molecular weight is 421 g/mol. The molecular weight excluding hydrogens is 398 g/mol. The van der Waals surface area contributed by atoms with E-state index >= 15 is 0 Å². The highest BCUT2D eigenvalue weighted by Gasteiger charge is 2.13. The number of nitrogens with zero attached hydrogens (tertiary/aromatic N) is 5. The van der Waals surface area contributed by atoms with E-state index in [0.717, 1.165) is 30.5 Å². The highest BCUT2D eigenvalue weighted by molar-refractivity contribution is 5.81. The fraction of sp³-hybridized carbons (Fsp3) is 0.286. The summed E-state index contributed by atoms with van der Waals surface area (Å²) in [5.74, 6) is 1.75. The topological polar surface area (TPSA) is 145 Å². The molecule has 4 aromatic rings. The van der Waals surface area contributed by atoms with Gasteiger partial charge in [-0.3, -0.25) is 9.55 Å². The Morgan fingerprint density at radius 1 is 1.13 bits per heavy atom. The number of aromatic nitrogens is 6. The number of aryl methyl sites for hydroxylation is 2. The molecule has 4 aromatic heterocycles. The molecule has 0 unspecified atom stereocenters. The fourth-order valence-corrected chi connectivity index (χ4v) is 3.22. The minimum absolute atomic E-state index is 0.194. The number of fused-ring (bicyclic) bond motifs is 1. The van der Waals surface area contributed by atoms with Crippen molar-refractivity contribution in [2.75, 3.05) is 12.3 Å². The Morgan fingerprint density at radius 3 is 2.71 bits per heavy atom. The minimum atomic E-state index is -0.313. The van der Waals surface area contributed by atoms with Crippen molar-refractivity contribution in [1.82, 2.24) is 29.5 Å². The summed E-state index contributed by atoms with van der Waals surface area (Å²) in [4.78, 5) is 32.1. The normalized spacial score (nSPS) is 11.2. The Hall–Kier alpha value is -3.79. The summed E-state index contributed by atoms with van der Waals surface area (Å²) in [6, 6.07) is 7.32. The lowest BCUT2D eigenvalue weighted by atomic mass is 10.2. The lowest BCUT2D eigenvalue weighted by molar-refractivity contribution is 0.284. The van der Waals surface area contributed by atoms with Crippen LogP contribution < -0.4 is 16.2 Å². The molecule has 4 N–H and O–H groups in total. The second kappa shape index (κ2) is 8.92. The van der Waals surface area contributed by atoms with Gasteiger partial charge in [0.15, 0.2) is 11.5 Å². The summed E-state index contributed by atoms with van der Waals surface area (Å²) in [6.45, 7) is 2.20. The summed E-state index contributed by atoms with van der Waals surface area (Å²) >= 11 is 0. The number of nitrogens with one attached hydrogen (secondary N) is 1. The Balaban J connectivity index is 1.45.